The summed E-state index contributed by atoms with van der Waals surface area (Å²) >= 11 is 0. The van der Waals surface area contributed by atoms with Gasteiger partial charge in [0.15, 0.2) is 0 Å². The quantitative estimate of drug-likeness (QED) is 0.737. The van der Waals surface area contributed by atoms with Crippen LogP contribution in [0.2, 0.25) is 0 Å². The smallest absolute Gasteiger partial charge is 0.0436 e. The number of hydrogen-bond donors (Lipinski definition) is 2. The van der Waals surface area contributed by atoms with E-state index in [9.17, 15) is 5.11 Å². The zero-order valence-corrected chi connectivity index (χ0v) is 10.3. The molecule has 2 atom stereocenters. The summed E-state index contributed by atoms with van der Waals surface area (Å²) < 4.78 is 0. The molecule has 1 aliphatic rings. The summed E-state index contributed by atoms with van der Waals surface area (Å²) in [7, 11) is 0. The SMILES string of the molecule is CCC(N)C(C)(CCO)C1CCCCC1. The summed E-state index contributed by atoms with van der Waals surface area (Å²) in [5.74, 6) is 0.730. The van der Waals surface area contributed by atoms with Crippen LogP contribution >= 0.6 is 0 Å². The van der Waals surface area contributed by atoms with Crippen LogP contribution in [0.15, 0.2) is 0 Å². The van der Waals surface area contributed by atoms with Crippen molar-refractivity contribution in [2.24, 2.45) is 17.1 Å². The maximum absolute atomic E-state index is 9.22. The first-order chi connectivity index (χ1) is 7.15. The third-order valence-corrected chi connectivity index (χ3v) is 4.48. The molecule has 0 saturated heterocycles. The topological polar surface area (TPSA) is 46.2 Å². The summed E-state index contributed by atoms with van der Waals surface area (Å²) in [5, 5.41) is 9.22. The molecular formula is C13H27NO. The van der Waals surface area contributed by atoms with Crippen LogP contribution in [0.4, 0.5) is 0 Å². The van der Waals surface area contributed by atoms with Gasteiger partial charge in [0, 0.05) is 12.6 Å². The summed E-state index contributed by atoms with van der Waals surface area (Å²) in [6.45, 7) is 4.72. The Labute approximate surface area is 94.2 Å². The predicted octanol–water partition coefficient (Wildman–Crippen LogP) is 2.69. The Bertz CT molecular complexity index is 177. The van der Waals surface area contributed by atoms with Crippen LogP contribution in [-0.2, 0) is 0 Å². The Morgan fingerprint density at radius 2 is 1.93 bits per heavy atom. The van der Waals surface area contributed by atoms with Gasteiger partial charge in [0.25, 0.3) is 0 Å². The van der Waals surface area contributed by atoms with Crippen LogP contribution in [0.1, 0.15) is 58.8 Å². The predicted molar refractivity (Wildman–Crippen MR) is 64.7 cm³/mol. The standard InChI is InChI=1S/C13H27NO/c1-3-12(14)13(2,9-10-15)11-7-5-4-6-8-11/h11-12,15H,3-10,14H2,1-2H3. The molecule has 1 fully saturated rings. The van der Waals surface area contributed by atoms with Crippen molar-refractivity contribution in [3.8, 4) is 0 Å². The largest absolute Gasteiger partial charge is 0.396 e. The van der Waals surface area contributed by atoms with Gasteiger partial charge in [-0.15, -0.1) is 0 Å². The van der Waals surface area contributed by atoms with Crippen LogP contribution in [-0.4, -0.2) is 17.8 Å². The van der Waals surface area contributed by atoms with Gasteiger partial charge >= 0.3 is 0 Å². The van der Waals surface area contributed by atoms with Crippen LogP contribution in [0, 0.1) is 11.3 Å². The average molecular weight is 213 g/mol. The van der Waals surface area contributed by atoms with E-state index < -0.39 is 0 Å². The molecule has 1 aliphatic carbocycles. The number of aliphatic hydroxyl groups excluding tert-OH is 1. The first-order valence-electron chi connectivity index (χ1n) is 6.51. The fourth-order valence-corrected chi connectivity index (χ4v) is 3.16. The Balaban J connectivity index is 2.68. The van der Waals surface area contributed by atoms with E-state index in [1.807, 2.05) is 0 Å². The van der Waals surface area contributed by atoms with Gasteiger partial charge in [-0.3, -0.25) is 0 Å². The molecule has 0 aromatic heterocycles. The van der Waals surface area contributed by atoms with Crippen molar-refractivity contribution in [3.63, 3.8) is 0 Å². The van der Waals surface area contributed by atoms with Crippen LogP contribution in [0.5, 0.6) is 0 Å². The van der Waals surface area contributed by atoms with E-state index in [1.165, 1.54) is 32.1 Å². The summed E-state index contributed by atoms with van der Waals surface area (Å²) in [6, 6.07) is 0.243. The molecule has 2 nitrogen and oxygen atoms in total. The van der Waals surface area contributed by atoms with Crippen LogP contribution in [0.25, 0.3) is 0 Å². The highest BCUT2D eigenvalue weighted by atomic mass is 16.3. The summed E-state index contributed by atoms with van der Waals surface area (Å²) in [5.41, 5.74) is 6.41. The molecule has 0 amide bonds. The van der Waals surface area contributed by atoms with E-state index in [1.54, 1.807) is 0 Å². The monoisotopic (exact) mass is 213 g/mol. The second-order valence-corrected chi connectivity index (χ2v) is 5.33. The molecule has 0 aromatic rings. The zero-order valence-electron chi connectivity index (χ0n) is 10.3. The van der Waals surface area contributed by atoms with Gasteiger partial charge in [0.1, 0.15) is 0 Å². The molecule has 1 rings (SSSR count). The van der Waals surface area contributed by atoms with Crippen LogP contribution < -0.4 is 5.73 Å². The highest BCUT2D eigenvalue weighted by Gasteiger charge is 2.38. The number of hydrogen-bond acceptors (Lipinski definition) is 2. The first kappa shape index (κ1) is 13.0. The van der Waals surface area contributed by atoms with E-state index in [2.05, 4.69) is 13.8 Å². The number of rotatable bonds is 5. The van der Waals surface area contributed by atoms with E-state index in [0.29, 0.717) is 0 Å². The zero-order chi connectivity index (χ0) is 11.3. The molecule has 90 valence electrons. The van der Waals surface area contributed by atoms with Crippen molar-refractivity contribution in [1.29, 1.82) is 0 Å². The van der Waals surface area contributed by atoms with Gasteiger partial charge in [0.05, 0.1) is 0 Å². The fourth-order valence-electron chi connectivity index (χ4n) is 3.16. The number of aliphatic hydroxyl groups is 1. The van der Waals surface area contributed by atoms with Gasteiger partial charge in [-0.2, -0.15) is 0 Å². The first-order valence-corrected chi connectivity index (χ1v) is 6.51. The highest BCUT2D eigenvalue weighted by Crippen LogP contribution is 2.43. The third kappa shape index (κ3) is 2.94. The minimum atomic E-state index is 0.157. The van der Waals surface area contributed by atoms with Crippen molar-refractivity contribution >= 4 is 0 Å². The van der Waals surface area contributed by atoms with Crippen molar-refractivity contribution in [2.75, 3.05) is 6.61 Å². The molecule has 0 aliphatic heterocycles. The second-order valence-electron chi connectivity index (χ2n) is 5.33. The molecule has 0 aromatic carbocycles. The fraction of sp³-hybridized carbons (Fsp3) is 1.00. The molecular weight excluding hydrogens is 186 g/mol. The number of nitrogens with two attached hydrogens (primary N) is 1. The van der Waals surface area contributed by atoms with E-state index in [-0.39, 0.29) is 18.1 Å². The van der Waals surface area contributed by atoms with Gasteiger partial charge < -0.3 is 10.8 Å². The van der Waals surface area contributed by atoms with Gasteiger partial charge in [0.2, 0.25) is 0 Å². The molecule has 0 spiro atoms. The minimum Gasteiger partial charge on any atom is -0.396 e. The van der Waals surface area contributed by atoms with Crippen molar-refractivity contribution < 1.29 is 5.11 Å². The minimum absolute atomic E-state index is 0.157. The Morgan fingerprint density at radius 3 is 2.40 bits per heavy atom. The molecule has 0 radical (unpaired) electrons. The Kier molecular flexibility index (Phi) is 5.07. The molecule has 1 saturated carbocycles. The molecule has 2 heteroatoms. The van der Waals surface area contributed by atoms with E-state index in [0.717, 1.165) is 18.8 Å². The lowest BCUT2D eigenvalue weighted by atomic mass is 9.64. The van der Waals surface area contributed by atoms with Gasteiger partial charge in [-0.25, -0.2) is 0 Å². The molecule has 2 unspecified atom stereocenters. The normalized spacial score (nSPS) is 24.8. The lowest BCUT2D eigenvalue weighted by molar-refractivity contribution is 0.0670. The molecule has 0 heterocycles. The summed E-state index contributed by atoms with van der Waals surface area (Å²) in [4.78, 5) is 0. The van der Waals surface area contributed by atoms with Gasteiger partial charge in [-0.05, 0) is 37.0 Å². The van der Waals surface area contributed by atoms with Crippen molar-refractivity contribution in [3.05, 3.63) is 0 Å². The second kappa shape index (κ2) is 5.86. The van der Waals surface area contributed by atoms with E-state index >= 15 is 0 Å². The highest BCUT2D eigenvalue weighted by molar-refractivity contribution is 4.91. The van der Waals surface area contributed by atoms with Gasteiger partial charge in [-0.1, -0.05) is 33.1 Å². The van der Waals surface area contributed by atoms with Crippen molar-refractivity contribution in [1.82, 2.24) is 0 Å². The average Bonchev–Trinajstić information content (AvgIpc) is 2.29. The Hall–Kier alpha value is -0.0800. The maximum atomic E-state index is 9.22. The molecule has 0 bridgehead atoms. The summed E-state index contributed by atoms with van der Waals surface area (Å²) in [6.07, 6.45) is 8.59. The Morgan fingerprint density at radius 1 is 1.33 bits per heavy atom. The van der Waals surface area contributed by atoms with E-state index in [4.69, 9.17) is 5.73 Å². The lowest BCUT2D eigenvalue weighted by Crippen LogP contribution is -2.45. The maximum Gasteiger partial charge on any atom is 0.0436 e. The van der Waals surface area contributed by atoms with Crippen LogP contribution in [0.3, 0.4) is 0 Å². The molecule has 3 N–H and O–H groups in total. The lowest BCUT2D eigenvalue weighted by Gasteiger charge is -2.44. The van der Waals surface area contributed by atoms with Crippen molar-refractivity contribution in [2.45, 2.75) is 64.8 Å². The third-order valence-electron chi connectivity index (χ3n) is 4.48. The molecule has 15 heavy (non-hydrogen) atoms.